The van der Waals surface area contributed by atoms with E-state index in [1.54, 1.807) is 23.2 Å². The number of nitrogens with zero attached hydrogens (tertiary/aromatic N) is 5. The van der Waals surface area contributed by atoms with Crippen LogP contribution in [0.15, 0.2) is 40.1 Å². The molecule has 15 nitrogen and oxygen atoms in total. The van der Waals surface area contributed by atoms with Crippen molar-refractivity contribution >= 4 is 20.0 Å². The van der Waals surface area contributed by atoms with E-state index in [0.29, 0.717) is 18.0 Å². The molecule has 320 valence electrons. The third-order valence-electron chi connectivity index (χ3n) is 10.9. The number of hydrazone groups is 1. The molecular weight excluding hydrogens is 751 g/mol. The second kappa shape index (κ2) is 24.3. The van der Waals surface area contributed by atoms with E-state index in [4.69, 9.17) is 29.0 Å². The van der Waals surface area contributed by atoms with Crippen LogP contribution in [0.1, 0.15) is 135 Å². The van der Waals surface area contributed by atoms with Gasteiger partial charge in [0.05, 0.1) is 43.9 Å². The van der Waals surface area contributed by atoms with E-state index in [1.165, 1.54) is 96.7 Å². The fraction of sp³-hybridized carbons (Fsp3) is 0.756. The number of aromatic nitrogens is 1. The van der Waals surface area contributed by atoms with E-state index < -0.39 is 50.5 Å². The van der Waals surface area contributed by atoms with Crippen molar-refractivity contribution in [1.29, 1.82) is 5.26 Å². The van der Waals surface area contributed by atoms with Crippen LogP contribution in [0.4, 0.5) is 0 Å². The Labute approximate surface area is 339 Å². The number of pyridine rings is 1. The van der Waals surface area contributed by atoms with Crippen molar-refractivity contribution in [2.75, 3.05) is 26.4 Å². The quantitative estimate of drug-likeness (QED) is 0.0493. The van der Waals surface area contributed by atoms with Crippen LogP contribution in [0.25, 0.3) is 0 Å². The molecule has 3 unspecified atom stereocenters. The van der Waals surface area contributed by atoms with Crippen LogP contribution in [0.3, 0.4) is 0 Å². The maximum atomic E-state index is 13.1. The first kappa shape index (κ1) is 46.9. The molecule has 4 rings (SSSR count). The van der Waals surface area contributed by atoms with E-state index >= 15 is 0 Å². The monoisotopic (exact) mass is 818 g/mol. The summed E-state index contributed by atoms with van der Waals surface area (Å²) in [5.41, 5.74) is 5.81. The minimum absolute atomic E-state index is 0.0225. The number of nitrogens with two attached hydrogens (primary N) is 1. The maximum Gasteiger partial charge on any atom is 0.472 e. The van der Waals surface area contributed by atoms with Crippen molar-refractivity contribution in [2.45, 2.75) is 166 Å². The highest BCUT2D eigenvalue weighted by molar-refractivity contribution is 7.47. The zero-order valence-electron chi connectivity index (χ0n) is 34.3. The van der Waals surface area contributed by atoms with Crippen molar-refractivity contribution in [3.05, 3.63) is 41.4 Å². The summed E-state index contributed by atoms with van der Waals surface area (Å²) in [5, 5.41) is 37.2. The number of hydrogen-bond acceptors (Lipinski definition) is 14. The fourth-order valence-electron chi connectivity index (χ4n) is 7.54. The third-order valence-corrected chi connectivity index (χ3v) is 11.9. The van der Waals surface area contributed by atoms with Gasteiger partial charge < -0.3 is 35.1 Å². The second-order valence-electron chi connectivity index (χ2n) is 15.8. The van der Waals surface area contributed by atoms with Gasteiger partial charge in [0, 0.05) is 12.5 Å². The number of nitriles is 1. The molecule has 0 amide bonds. The molecule has 0 radical (unpaired) electrons. The smallest absolute Gasteiger partial charge is 0.387 e. The van der Waals surface area contributed by atoms with Crippen LogP contribution in [0, 0.1) is 17.2 Å². The van der Waals surface area contributed by atoms with E-state index in [1.807, 2.05) is 19.1 Å². The molecule has 0 saturated carbocycles. The normalized spacial score (nSPS) is 25.8. The molecule has 0 bridgehead atoms. The topological polar surface area (TPSA) is 215 Å². The Morgan fingerprint density at radius 3 is 2.25 bits per heavy atom. The summed E-state index contributed by atoms with van der Waals surface area (Å²) in [6.07, 6.45) is 19.2. The minimum atomic E-state index is -4.71. The summed E-state index contributed by atoms with van der Waals surface area (Å²) in [7, 11) is -4.71. The molecule has 3 aliphatic heterocycles. The molecule has 8 atom stereocenters. The molecule has 3 aliphatic rings. The molecule has 4 heterocycles. The lowest BCUT2D eigenvalue weighted by Crippen LogP contribution is -2.48. The summed E-state index contributed by atoms with van der Waals surface area (Å²) in [6, 6.07) is 6.49. The number of unbranched alkanes of at least 4 members (excludes halogenated alkanes) is 15. The lowest BCUT2D eigenvalue weighted by molar-refractivity contribution is -0.114. The Morgan fingerprint density at radius 1 is 0.982 bits per heavy atom. The van der Waals surface area contributed by atoms with Gasteiger partial charge in [0.2, 0.25) is 0 Å². The largest absolute Gasteiger partial charge is 0.472 e. The van der Waals surface area contributed by atoms with Gasteiger partial charge in [-0.25, -0.2) is 14.5 Å². The SMILES string of the molecule is CCCCCCCCCCCCCCCCCCOC[C@H](COP(=O)(O)OC[C@@]1(C)O[C@@H](C2C(C)C=C3C(N)=NC=NN32)[C@H](O)[C@@H]1O)OCc1cccc(C#N)n1. The van der Waals surface area contributed by atoms with Crippen LogP contribution >= 0.6 is 7.82 Å². The Morgan fingerprint density at radius 2 is 1.61 bits per heavy atom. The van der Waals surface area contributed by atoms with Crippen molar-refractivity contribution in [3.63, 3.8) is 0 Å². The number of hydrogen-bond donors (Lipinski definition) is 4. The first-order valence-corrected chi connectivity index (χ1v) is 22.6. The minimum Gasteiger partial charge on any atom is -0.387 e. The first-order chi connectivity index (χ1) is 27.5. The van der Waals surface area contributed by atoms with Crippen molar-refractivity contribution in [2.24, 2.45) is 21.7 Å². The number of fused-ring (bicyclic) bond motifs is 1. The average Bonchev–Trinajstić information content (AvgIpc) is 3.65. The second-order valence-corrected chi connectivity index (χ2v) is 17.3. The van der Waals surface area contributed by atoms with Gasteiger partial charge in [0.25, 0.3) is 0 Å². The van der Waals surface area contributed by atoms with Gasteiger partial charge in [0.15, 0.2) is 5.84 Å². The molecular formula is C41H67N6O9P. The predicted molar refractivity (Wildman–Crippen MR) is 218 cm³/mol. The standard InChI is InChI=1S/C41H67N6O9P/c1-4-5-6-7-8-9-10-11-12-13-14-15-16-17-18-19-23-52-27-34(53-26-33-22-20-21-32(25-42)46-33)28-54-57(50,51)55-29-41(3)39(49)37(48)38(56-41)36-31(2)24-35-40(43)44-30-45-47(35)36/h20-22,24,30-31,34,36-39,48-49H,4-19,23,26-29H2,1-3H3,(H,50,51)(H2,43,44,45)/t31?,34-,36?,37+,38+,39+,41-/m1/s1. The number of aliphatic imine (C=N–C) groups is 1. The van der Waals surface area contributed by atoms with Gasteiger partial charge in [-0.2, -0.15) is 10.4 Å². The van der Waals surface area contributed by atoms with E-state index in [-0.39, 0.29) is 37.3 Å². The van der Waals surface area contributed by atoms with Crippen LogP contribution in [-0.2, 0) is 34.4 Å². The van der Waals surface area contributed by atoms with E-state index in [0.717, 1.165) is 19.3 Å². The lowest BCUT2D eigenvalue weighted by Gasteiger charge is -2.34. The van der Waals surface area contributed by atoms with Crippen LogP contribution in [0.2, 0.25) is 0 Å². The van der Waals surface area contributed by atoms with Gasteiger partial charge in [-0.3, -0.25) is 14.1 Å². The molecule has 1 aromatic heterocycles. The lowest BCUT2D eigenvalue weighted by atomic mass is 9.92. The van der Waals surface area contributed by atoms with Crippen LogP contribution in [0.5, 0.6) is 0 Å². The van der Waals surface area contributed by atoms with Crippen LogP contribution in [-0.4, -0.2) is 99.8 Å². The van der Waals surface area contributed by atoms with Crippen molar-refractivity contribution < 1.29 is 42.9 Å². The summed E-state index contributed by atoms with van der Waals surface area (Å²) in [4.78, 5) is 18.9. The third kappa shape index (κ3) is 15.1. The molecule has 0 aromatic carbocycles. The molecule has 5 N–H and O–H groups in total. The molecule has 0 aliphatic carbocycles. The highest BCUT2D eigenvalue weighted by Crippen LogP contribution is 2.47. The Bertz CT molecular complexity index is 1540. The predicted octanol–water partition coefficient (Wildman–Crippen LogP) is 6.65. The number of aliphatic hydroxyl groups excluding tert-OH is 2. The average molecular weight is 819 g/mol. The summed E-state index contributed by atoms with van der Waals surface area (Å²) in [6.45, 7) is 5.37. The molecule has 1 aromatic rings. The number of phosphoric acid groups is 1. The van der Waals surface area contributed by atoms with Gasteiger partial charge in [0.1, 0.15) is 48.1 Å². The molecule has 1 fully saturated rings. The van der Waals surface area contributed by atoms with E-state index in [9.17, 15) is 24.9 Å². The Balaban J connectivity index is 1.16. The number of aliphatic hydroxyl groups is 2. The van der Waals surface area contributed by atoms with Gasteiger partial charge in [-0.1, -0.05) is 122 Å². The number of phosphoric ester groups is 1. The summed E-state index contributed by atoms with van der Waals surface area (Å²) >= 11 is 0. The first-order valence-electron chi connectivity index (χ1n) is 21.1. The fourth-order valence-corrected chi connectivity index (χ4v) is 8.39. The highest BCUT2D eigenvalue weighted by atomic mass is 31.2. The highest BCUT2D eigenvalue weighted by Gasteiger charge is 2.57. The maximum absolute atomic E-state index is 13.1. The van der Waals surface area contributed by atoms with Gasteiger partial charge in [-0.05, 0) is 25.5 Å². The zero-order valence-corrected chi connectivity index (χ0v) is 35.1. The van der Waals surface area contributed by atoms with Crippen molar-refractivity contribution in [3.8, 4) is 6.07 Å². The molecule has 0 spiro atoms. The zero-order chi connectivity index (χ0) is 41.1. The Kier molecular flexibility index (Phi) is 20.0. The van der Waals surface area contributed by atoms with Gasteiger partial charge >= 0.3 is 7.82 Å². The van der Waals surface area contributed by atoms with E-state index in [2.05, 4.69) is 22.0 Å². The van der Waals surface area contributed by atoms with Gasteiger partial charge in [-0.15, -0.1) is 0 Å². The molecule has 16 heteroatoms. The number of ether oxygens (including phenoxy) is 3. The summed E-state index contributed by atoms with van der Waals surface area (Å²) < 4.78 is 41.9. The summed E-state index contributed by atoms with van der Waals surface area (Å²) in [5.74, 6) is 0.101. The Hall–Kier alpha value is -2.77. The van der Waals surface area contributed by atoms with Crippen molar-refractivity contribution in [1.82, 2.24) is 9.99 Å². The number of rotatable bonds is 29. The molecule has 1 saturated heterocycles. The molecule has 57 heavy (non-hydrogen) atoms. The van der Waals surface area contributed by atoms with Crippen LogP contribution < -0.4 is 5.73 Å². The number of amidine groups is 1.